The van der Waals surface area contributed by atoms with Gasteiger partial charge in [-0.3, -0.25) is 0 Å². The number of ether oxygens (including phenoxy) is 1. The highest BCUT2D eigenvalue weighted by atomic mass is 32.2. The van der Waals surface area contributed by atoms with Gasteiger partial charge in [-0.1, -0.05) is 0 Å². The topological polar surface area (TPSA) is 55.7 Å². The first-order chi connectivity index (χ1) is 5.56. The molecule has 0 N–H and O–H groups in total. The highest BCUT2D eigenvalue weighted by Crippen LogP contribution is 2.13. The van der Waals surface area contributed by atoms with E-state index in [2.05, 4.69) is 4.99 Å². The Balaban J connectivity index is 2.76. The Morgan fingerprint density at radius 1 is 1.58 bits per heavy atom. The minimum atomic E-state index is -3.25. The van der Waals surface area contributed by atoms with Crippen LogP contribution < -0.4 is 0 Å². The molecular formula is C7H11NO3S. The summed E-state index contributed by atoms with van der Waals surface area (Å²) in [6.45, 7) is 4.03. The maximum Gasteiger partial charge on any atom is 0.217 e. The number of sulfone groups is 1. The van der Waals surface area contributed by atoms with E-state index in [1.807, 2.05) is 6.92 Å². The summed E-state index contributed by atoms with van der Waals surface area (Å²) in [6, 6.07) is 0. The van der Waals surface area contributed by atoms with E-state index >= 15 is 0 Å². The number of nitrogens with zero attached hydrogens (tertiary/aromatic N) is 1. The van der Waals surface area contributed by atoms with E-state index in [1.165, 1.54) is 0 Å². The molecule has 1 aliphatic heterocycles. The molecule has 0 aromatic heterocycles. The van der Waals surface area contributed by atoms with Crippen LogP contribution in [0.4, 0.5) is 0 Å². The largest absolute Gasteiger partial charge is 0.375 e. The lowest BCUT2D eigenvalue weighted by atomic mass is 10.6. The zero-order chi connectivity index (χ0) is 9.19. The van der Waals surface area contributed by atoms with Gasteiger partial charge in [0.25, 0.3) is 0 Å². The van der Waals surface area contributed by atoms with E-state index in [1.54, 1.807) is 6.92 Å². The Morgan fingerprint density at radius 2 is 2.25 bits per heavy atom. The number of allylic oxidation sites excluding steroid dienone is 1. The highest BCUT2D eigenvalue weighted by molar-refractivity contribution is 8.09. The summed E-state index contributed by atoms with van der Waals surface area (Å²) in [6.07, 6.45) is 0. The third-order valence-corrected chi connectivity index (χ3v) is 2.90. The van der Waals surface area contributed by atoms with Crippen LogP contribution in [0, 0.1) is 0 Å². The van der Waals surface area contributed by atoms with Gasteiger partial charge in [-0.15, -0.1) is 0 Å². The van der Waals surface area contributed by atoms with Crippen molar-refractivity contribution in [1.29, 1.82) is 0 Å². The average Bonchev–Trinajstić information content (AvgIpc) is 2.20. The molecule has 0 bridgehead atoms. The lowest BCUT2D eigenvalue weighted by Crippen LogP contribution is -2.15. The second kappa shape index (κ2) is 3.37. The summed E-state index contributed by atoms with van der Waals surface area (Å²) in [7, 11) is -3.25. The van der Waals surface area contributed by atoms with Crippen LogP contribution in [0.3, 0.4) is 0 Å². The van der Waals surface area contributed by atoms with Crippen molar-refractivity contribution in [2.24, 2.45) is 4.99 Å². The third-order valence-electron chi connectivity index (χ3n) is 1.38. The second-order valence-electron chi connectivity index (χ2n) is 2.45. The molecule has 1 aliphatic rings. The van der Waals surface area contributed by atoms with Gasteiger partial charge >= 0.3 is 0 Å². The molecule has 12 heavy (non-hydrogen) atoms. The van der Waals surface area contributed by atoms with Crippen molar-refractivity contribution >= 4 is 14.9 Å². The fourth-order valence-corrected chi connectivity index (χ4v) is 2.04. The lowest BCUT2D eigenvalue weighted by Gasteiger charge is -1.98. The van der Waals surface area contributed by atoms with Crippen molar-refractivity contribution in [3.63, 3.8) is 0 Å². The summed E-state index contributed by atoms with van der Waals surface area (Å²) >= 11 is 0. The number of rotatable bonds is 3. The molecule has 1 rings (SSSR count). The molecule has 0 unspecified atom stereocenters. The molecule has 0 spiro atoms. The van der Waals surface area contributed by atoms with Crippen LogP contribution in [0.5, 0.6) is 0 Å². The predicted octanol–water partition coefficient (Wildman–Crippen LogP) is 0.711. The molecular weight excluding hydrogens is 178 g/mol. The number of hydrogen-bond acceptors (Lipinski definition) is 4. The van der Waals surface area contributed by atoms with E-state index in [-0.39, 0.29) is 11.7 Å². The van der Waals surface area contributed by atoms with Crippen LogP contribution in [-0.2, 0) is 14.6 Å². The van der Waals surface area contributed by atoms with Gasteiger partial charge in [0.1, 0.15) is 6.61 Å². The molecule has 0 atom stereocenters. The van der Waals surface area contributed by atoms with E-state index < -0.39 is 9.84 Å². The van der Waals surface area contributed by atoms with E-state index in [9.17, 15) is 8.42 Å². The number of aliphatic imine (C=N–C) groups is 1. The van der Waals surface area contributed by atoms with Crippen molar-refractivity contribution < 1.29 is 13.2 Å². The van der Waals surface area contributed by atoms with Crippen LogP contribution in [0.25, 0.3) is 0 Å². The molecule has 68 valence electrons. The molecule has 0 fully saturated rings. The Hall–Kier alpha value is -0.680. The molecule has 0 amide bonds. The van der Waals surface area contributed by atoms with E-state index in [0.29, 0.717) is 12.3 Å². The first-order valence-electron chi connectivity index (χ1n) is 3.65. The monoisotopic (exact) mass is 189 g/mol. The minimum Gasteiger partial charge on any atom is -0.375 e. The second-order valence-corrected chi connectivity index (χ2v) is 4.24. The zero-order valence-electron chi connectivity index (χ0n) is 7.07. The van der Waals surface area contributed by atoms with Gasteiger partial charge < -0.3 is 4.74 Å². The van der Waals surface area contributed by atoms with Crippen LogP contribution in [-0.4, -0.2) is 26.7 Å². The Kier molecular flexibility index (Phi) is 2.64. The minimum absolute atomic E-state index is 0.0761. The van der Waals surface area contributed by atoms with Crippen LogP contribution in [0.1, 0.15) is 13.8 Å². The van der Waals surface area contributed by atoms with Gasteiger partial charge in [0, 0.05) is 6.61 Å². The van der Waals surface area contributed by atoms with Gasteiger partial charge in [0.15, 0.2) is 5.04 Å². The first-order valence-corrected chi connectivity index (χ1v) is 5.19. The summed E-state index contributed by atoms with van der Waals surface area (Å²) in [5.41, 5.74) is 0.518. The Labute approximate surface area is 71.9 Å². The molecule has 0 saturated carbocycles. The lowest BCUT2D eigenvalue weighted by molar-refractivity contribution is 0.189. The fourth-order valence-electron chi connectivity index (χ4n) is 0.883. The first kappa shape index (κ1) is 9.41. The quantitative estimate of drug-likeness (QED) is 0.657. The molecule has 5 heteroatoms. The van der Waals surface area contributed by atoms with Crippen LogP contribution in [0.2, 0.25) is 0 Å². The normalized spacial score (nSPS) is 20.5. The summed E-state index contributed by atoms with van der Waals surface area (Å²) in [5.74, 6) is 0. The van der Waals surface area contributed by atoms with Gasteiger partial charge in [-0.25, -0.2) is 13.4 Å². The van der Waals surface area contributed by atoms with Crippen LogP contribution >= 0.6 is 0 Å². The van der Waals surface area contributed by atoms with Crippen molar-refractivity contribution in [3.05, 3.63) is 11.1 Å². The van der Waals surface area contributed by atoms with Gasteiger partial charge in [-0.2, -0.15) is 0 Å². The zero-order valence-corrected chi connectivity index (χ0v) is 7.89. The van der Waals surface area contributed by atoms with Crippen molar-refractivity contribution in [3.8, 4) is 0 Å². The standard InChI is InChI=1S/C7H11NO3S/c1-3-11-4-7-8-6(2)5-12(7,9)10/h5H,3-4H2,1-2H3. The van der Waals surface area contributed by atoms with Gasteiger partial charge in [0.05, 0.1) is 11.1 Å². The molecule has 0 aliphatic carbocycles. The van der Waals surface area contributed by atoms with Crippen molar-refractivity contribution in [2.75, 3.05) is 13.2 Å². The van der Waals surface area contributed by atoms with E-state index in [0.717, 1.165) is 5.41 Å². The molecule has 4 nitrogen and oxygen atoms in total. The molecule has 0 aromatic carbocycles. The van der Waals surface area contributed by atoms with E-state index in [4.69, 9.17) is 4.74 Å². The molecule has 0 radical (unpaired) electrons. The van der Waals surface area contributed by atoms with Gasteiger partial charge in [0.2, 0.25) is 9.84 Å². The molecule has 1 heterocycles. The SMILES string of the molecule is CCOCC1=NC(C)=CS1(=O)=O. The van der Waals surface area contributed by atoms with Crippen molar-refractivity contribution in [2.45, 2.75) is 13.8 Å². The third kappa shape index (κ3) is 1.92. The number of hydrogen-bond donors (Lipinski definition) is 0. The maximum absolute atomic E-state index is 11.2. The molecule has 0 aromatic rings. The molecule has 0 saturated heterocycles. The summed E-state index contributed by atoms with van der Waals surface area (Å²) < 4.78 is 27.3. The average molecular weight is 189 g/mol. The highest BCUT2D eigenvalue weighted by Gasteiger charge is 2.22. The maximum atomic E-state index is 11.2. The smallest absolute Gasteiger partial charge is 0.217 e. The van der Waals surface area contributed by atoms with Crippen molar-refractivity contribution in [1.82, 2.24) is 0 Å². The fraction of sp³-hybridized carbons (Fsp3) is 0.571. The Morgan fingerprint density at radius 3 is 2.67 bits per heavy atom. The predicted molar refractivity (Wildman–Crippen MR) is 46.6 cm³/mol. The van der Waals surface area contributed by atoms with Crippen LogP contribution in [0.15, 0.2) is 16.1 Å². The summed E-state index contributed by atoms with van der Waals surface area (Å²) in [4.78, 5) is 3.84. The summed E-state index contributed by atoms with van der Waals surface area (Å²) in [5, 5.41) is 1.27. The van der Waals surface area contributed by atoms with Gasteiger partial charge in [-0.05, 0) is 13.8 Å². The Bertz CT molecular complexity index is 327.